The van der Waals surface area contributed by atoms with Crippen molar-refractivity contribution in [1.29, 1.82) is 0 Å². The molecule has 0 bridgehead atoms. The van der Waals surface area contributed by atoms with Gasteiger partial charge in [0, 0.05) is 32.2 Å². The number of alkyl halides is 1. The van der Waals surface area contributed by atoms with Crippen LogP contribution < -0.4 is 59.1 Å². The number of halogens is 2. The second kappa shape index (κ2) is 21.7. The van der Waals surface area contributed by atoms with Crippen LogP contribution in [0.4, 0.5) is 0 Å². The van der Waals surface area contributed by atoms with Gasteiger partial charge in [-0.15, -0.1) is 56.9 Å². The van der Waals surface area contributed by atoms with E-state index in [-0.39, 0.29) is 64.9 Å². The fourth-order valence-corrected chi connectivity index (χ4v) is 7.28. The number of hydrogen-bond donors (Lipinski definition) is 0. The average molecular weight is 790 g/mol. The summed E-state index contributed by atoms with van der Waals surface area (Å²) in [4.78, 5) is 15.7. The molecule has 0 saturated heterocycles. The Morgan fingerprint density at radius 1 is 0.581 bits per heavy atom. The molecule has 0 unspecified atom stereocenters. The van der Waals surface area contributed by atoms with Crippen LogP contribution in [0.3, 0.4) is 0 Å². The maximum atomic E-state index is 10.5. The molecule has 0 saturated carbocycles. The van der Waals surface area contributed by atoms with Crippen LogP contribution in [0.1, 0.15) is 42.8 Å². The first kappa shape index (κ1) is 46.0. The van der Waals surface area contributed by atoms with Gasteiger partial charge in [0.1, 0.15) is 26.0 Å². The van der Waals surface area contributed by atoms with E-state index < -0.39 is 40.8 Å². The van der Waals surface area contributed by atoms with Gasteiger partial charge in [0.15, 0.2) is 0 Å². The average Bonchev–Trinajstić information content (AvgIpc) is 3.58. The molecule has 43 heavy (non-hydrogen) atoms. The van der Waals surface area contributed by atoms with Crippen molar-refractivity contribution in [3.05, 3.63) is 64.3 Å². The number of aryl methyl sites for hydroxylation is 4. The van der Waals surface area contributed by atoms with Crippen LogP contribution in [0, 0.1) is 27.7 Å². The van der Waals surface area contributed by atoms with Crippen molar-refractivity contribution in [3.8, 4) is 0 Å². The Morgan fingerprint density at radius 2 is 0.837 bits per heavy atom. The zero-order valence-corrected chi connectivity index (χ0v) is 35.0. The van der Waals surface area contributed by atoms with Crippen LogP contribution in [0.2, 0.25) is 0 Å². The van der Waals surface area contributed by atoms with E-state index in [1.807, 2.05) is 19.2 Å². The minimum absolute atomic E-state index is 0. The Hall–Kier alpha value is 0.870. The van der Waals surface area contributed by atoms with Gasteiger partial charge in [-0.25, -0.2) is 45.2 Å². The van der Waals surface area contributed by atoms with E-state index in [0.717, 1.165) is 25.7 Å². The van der Waals surface area contributed by atoms with Crippen LogP contribution in [-0.2, 0) is 52.4 Å². The van der Waals surface area contributed by atoms with Crippen LogP contribution in [-0.4, -0.2) is 54.3 Å². The van der Waals surface area contributed by atoms with Gasteiger partial charge in [0.2, 0.25) is 9.05 Å². The van der Waals surface area contributed by atoms with E-state index in [0.29, 0.717) is 23.0 Å². The van der Waals surface area contributed by atoms with Gasteiger partial charge in [0.05, 0.1) is 60.2 Å². The Bertz CT molecular complexity index is 1540. The first-order valence-electron chi connectivity index (χ1n) is 10.7. The molecule has 0 aliphatic carbocycles. The molecule has 0 aliphatic heterocycles. The van der Waals surface area contributed by atoms with Crippen LogP contribution in [0.5, 0.6) is 0 Å². The summed E-state index contributed by atoms with van der Waals surface area (Å²) in [5, 5.41) is 10.3. The zero-order chi connectivity index (χ0) is 31.4. The van der Waals surface area contributed by atoms with Gasteiger partial charge in [-0.2, -0.15) is 0 Å². The van der Waals surface area contributed by atoms with Crippen molar-refractivity contribution in [1.82, 2.24) is 19.9 Å². The van der Waals surface area contributed by atoms with Crippen molar-refractivity contribution in [2.24, 2.45) is 0 Å². The summed E-state index contributed by atoms with van der Waals surface area (Å²) in [5.74, 6) is -0.655. The van der Waals surface area contributed by atoms with Crippen LogP contribution in [0.15, 0.2) is 21.5 Å². The molecule has 230 valence electrons. The predicted octanol–water partition coefficient (Wildman–Crippen LogP) is -1.29. The minimum Gasteiger partial charge on any atom is -0.748 e. The molecule has 0 spiro atoms. The maximum Gasteiger partial charge on any atom is 1.00 e. The molecule has 23 heteroatoms. The number of rotatable bonds is 7. The first-order chi connectivity index (χ1) is 18.7. The smallest absolute Gasteiger partial charge is 0.748 e. The largest absolute Gasteiger partial charge is 1.00 e. The van der Waals surface area contributed by atoms with E-state index in [9.17, 15) is 34.4 Å². The summed E-state index contributed by atoms with van der Waals surface area (Å²) in [6, 6.07) is 0. The molecule has 12 nitrogen and oxygen atoms in total. The van der Waals surface area contributed by atoms with E-state index >= 15 is 0 Å². The SMILES string of the molecule is Cc1nc(CCl)cs1.Cc1nc(CS(=O)(=O)Cl)cs1.Cc1nc(CS(=O)(=O)[O-])cs1.Cc1nc(CS(=O)(=O)[O-])cs1.[Na+].[Na+]. The van der Waals surface area contributed by atoms with E-state index in [1.165, 1.54) is 34.0 Å². The molecule has 0 aliphatic rings. The summed E-state index contributed by atoms with van der Waals surface area (Å²) < 4.78 is 82.4. The number of nitrogens with zero attached hydrogens (tertiary/aromatic N) is 4. The fourth-order valence-electron chi connectivity index (χ4n) is 2.43. The fraction of sp³-hybridized carbons (Fsp3) is 0.400. The number of thiazole rings is 4. The van der Waals surface area contributed by atoms with Crippen molar-refractivity contribution in [2.45, 2.75) is 50.8 Å². The monoisotopic (exact) mass is 788 g/mol. The van der Waals surface area contributed by atoms with Crippen molar-refractivity contribution >= 4 is 96.9 Å². The van der Waals surface area contributed by atoms with Gasteiger partial charge in [0.25, 0.3) is 0 Å². The maximum absolute atomic E-state index is 10.5. The Labute approximate surface area is 321 Å². The zero-order valence-electron chi connectivity index (χ0n) is 23.8. The number of aromatic nitrogens is 4. The third-order valence-electron chi connectivity index (χ3n) is 3.77. The van der Waals surface area contributed by atoms with Crippen molar-refractivity contribution < 1.29 is 93.5 Å². The summed E-state index contributed by atoms with van der Waals surface area (Å²) in [5.41, 5.74) is 2.17. The molecule has 0 N–H and O–H groups in total. The quantitative estimate of drug-likeness (QED) is 0.0931. The van der Waals surface area contributed by atoms with Crippen molar-refractivity contribution in [2.75, 3.05) is 0 Å². The summed E-state index contributed by atoms with van der Waals surface area (Å²) in [6.45, 7) is 7.30. The van der Waals surface area contributed by atoms with Gasteiger partial charge >= 0.3 is 59.1 Å². The molecule has 0 aromatic carbocycles. The first-order valence-corrected chi connectivity index (χ1v) is 20.4. The van der Waals surface area contributed by atoms with Crippen LogP contribution in [0.25, 0.3) is 0 Å². The molecule has 4 aromatic rings. The van der Waals surface area contributed by atoms with Crippen molar-refractivity contribution in [3.63, 3.8) is 0 Å². The third-order valence-corrected chi connectivity index (χ3v) is 9.60. The van der Waals surface area contributed by atoms with Gasteiger partial charge in [-0.3, -0.25) is 0 Å². The molecular weight excluding hydrogens is 766 g/mol. The second-order valence-corrected chi connectivity index (χ2v) is 17.8. The van der Waals surface area contributed by atoms with E-state index in [1.54, 1.807) is 41.3 Å². The molecular formula is C20H24Cl2N4Na2O8S7. The molecule has 0 fully saturated rings. The predicted molar refractivity (Wildman–Crippen MR) is 162 cm³/mol. The summed E-state index contributed by atoms with van der Waals surface area (Å²) in [7, 11) is -6.77. The normalized spacial score (nSPS) is 10.9. The topological polar surface area (TPSA) is 200 Å². The number of hydrogen-bond acceptors (Lipinski definition) is 16. The standard InChI is InChI=1S/C5H6ClNO2S2.C5H6ClNS.2C5H7NO3S2.2Na/c1-4-7-5(2-10-4)3-11(6,8)9;1-4-7-5(2-6)3-8-4;2*1-4-6-5(2-10-4)3-11(7,8)9;;/h2H,3H2,1H3;3H,2H2,1H3;2*2H,3H2,1H3,(H,7,8,9);;/q;;;;2*+1/p-2. The van der Waals surface area contributed by atoms with E-state index in [2.05, 4.69) is 19.9 Å². The van der Waals surface area contributed by atoms with Gasteiger partial charge in [-0.1, -0.05) is 0 Å². The molecule has 4 aromatic heterocycles. The minimum atomic E-state index is -4.17. The Balaban J connectivity index is 0. The Morgan fingerprint density at radius 3 is 1.00 bits per heavy atom. The molecule has 0 radical (unpaired) electrons. The molecule has 4 heterocycles. The summed E-state index contributed by atoms with van der Waals surface area (Å²) in [6.07, 6.45) is 0. The second-order valence-electron chi connectivity index (χ2n) is 7.65. The van der Waals surface area contributed by atoms with Gasteiger partial charge < -0.3 is 9.11 Å². The van der Waals surface area contributed by atoms with E-state index in [4.69, 9.17) is 22.3 Å². The molecule has 0 amide bonds. The third kappa shape index (κ3) is 24.7. The molecule has 0 atom stereocenters. The summed E-state index contributed by atoms with van der Waals surface area (Å²) >= 11 is 11.2. The van der Waals surface area contributed by atoms with Crippen LogP contribution >= 0.6 is 67.6 Å². The van der Waals surface area contributed by atoms with Gasteiger partial charge in [-0.05, 0) is 27.7 Å². The molecule has 4 rings (SSSR count). The Kier molecular flexibility index (Phi) is 23.2.